The average molecular weight is 658 g/mol. The number of H-pyrrole nitrogens is 1. The second-order valence-electron chi connectivity index (χ2n) is 10.1. The smallest absolute Gasteiger partial charge is 0.390 e. The number of nitrogen functional groups attached to an aromatic ring is 1. The average Bonchev–Trinajstić information content (AvgIpc) is 3.73. The van der Waals surface area contributed by atoms with E-state index in [-0.39, 0.29) is 34.6 Å². The number of imidazole rings is 2. The lowest BCUT2D eigenvalue weighted by Crippen LogP contribution is -2.34. The first-order valence-electron chi connectivity index (χ1n) is 12.9. The molecule has 1 aliphatic carbocycles. The fourth-order valence-corrected chi connectivity index (χ4v) is 6.72. The molecule has 4 aromatic rings. The summed E-state index contributed by atoms with van der Waals surface area (Å²) in [6, 6.07) is -0.932. The van der Waals surface area contributed by atoms with Gasteiger partial charge in [-0.05, 0) is 6.42 Å². The SMILES string of the molecule is Nc1ncnc2c1ncn2[C@@H]1O[C@H](OCP(=O)(O)O[C@H]2[C@@H](O)[C@@H](CO[P+](=O)O)C[C@H]2n2cnc3c(=O)[nH]cnc32)[C@H](O)[C@@H]1O. The number of anilines is 1. The monoisotopic (exact) mass is 658 g/mol. The van der Waals surface area contributed by atoms with Crippen LogP contribution >= 0.6 is 15.9 Å². The van der Waals surface area contributed by atoms with Crippen molar-refractivity contribution in [1.29, 1.82) is 0 Å². The molecule has 1 saturated heterocycles. The fraction of sp³-hybridized carbons (Fsp3) is 0.524. The van der Waals surface area contributed by atoms with E-state index in [4.69, 9.17) is 29.1 Å². The number of ether oxygens (including phenoxy) is 2. The van der Waals surface area contributed by atoms with E-state index in [2.05, 4.69) is 29.9 Å². The normalized spacial score (nSPS) is 30.7. The maximum Gasteiger partial charge on any atom is 0.694 e. The molecule has 21 nitrogen and oxygen atoms in total. The minimum atomic E-state index is -4.76. The Hall–Kier alpha value is -3.33. The Morgan fingerprint density at radius 1 is 1.07 bits per heavy atom. The zero-order valence-corrected chi connectivity index (χ0v) is 24.0. The summed E-state index contributed by atoms with van der Waals surface area (Å²) < 4.78 is 48.3. The highest BCUT2D eigenvalue weighted by Gasteiger charge is 2.50. The zero-order valence-electron chi connectivity index (χ0n) is 22.2. The molecule has 2 aliphatic rings. The third-order valence-corrected chi connectivity index (χ3v) is 8.83. The van der Waals surface area contributed by atoms with Gasteiger partial charge in [0, 0.05) is 10.5 Å². The summed E-state index contributed by atoms with van der Waals surface area (Å²) in [4.78, 5) is 54.5. The predicted octanol–water partition coefficient (Wildman–Crippen LogP) is -1.75. The summed E-state index contributed by atoms with van der Waals surface area (Å²) >= 11 is 0. The lowest BCUT2D eigenvalue weighted by Gasteiger charge is -2.27. The van der Waals surface area contributed by atoms with E-state index in [9.17, 15) is 34.1 Å². The number of aliphatic hydroxyl groups excluding tert-OH is 3. The zero-order chi connectivity index (χ0) is 31.3. The minimum Gasteiger partial charge on any atom is -0.390 e. The summed E-state index contributed by atoms with van der Waals surface area (Å²) in [6.07, 6.45) is -5.25. The Morgan fingerprint density at radius 3 is 2.57 bits per heavy atom. The molecule has 2 fully saturated rings. The van der Waals surface area contributed by atoms with E-state index in [0.29, 0.717) is 0 Å². The molecule has 10 atom stereocenters. The Kier molecular flexibility index (Phi) is 8.28. The van der Waals surface area contributed by atoms with Crippen LogP contribution < -0.4 is 11.3 Å². The third kappa shape index (κ3) is 5.64. The van der Waals surface area contributed by atoms with Crippen molar-refractivity contribution in [1.82, 2.24) is 39.0 Å². The molecule has 0 amide bonds. The van der Waals surface area contributed by atoms with E-state index in [0.717, 1.165) is 6.33 Å². The molecule has 8 N–H and O–H groups in total. The van der Waals surface area contributed by atoms with E-state index in [1.165, 1.54) is 28.1 Å². The summed E-state index contributed by atoms with van der Waals surface area (Å²) in [7, 11) is -7.76. The maximum atomic E-state index is 13.2. The molecule has 1 aliphatic heterocycles. The van der Waals surface area contributed by atoms with E-state index in [1.54, 1.807) is 0 Å². The maximum absolute atomic E-state index is 13.2. The fourth-order valence-electron chi connectivity index (χ4n) is 5.36. The molecule has 1 saturated carbocycles. The molecule has 0 bridgehead atoms. The van der Waals surface area contributed by atoms with Gasteiger partial charge in [0.1, 0.15) is 36.8 Å². The highest BCUT2D eigenvalue weighted by atomic mass is 31.2. The van der Waals surface area contributed by atoms with Gasteiger partial charge in [0.25, 0.3) is 5.56 Å². The molecule has 0 spiro atoms. The van der Waals surface area contributed by atoms with Crippen molar-refractivity contribution < 1.29 is 52.8 Å². The first-order valence-corrected chi connectivity index (χ1v) is 15.8. The largest absolute Gasteiger partial charge is 0.694 e. The highest BCUT2D eigenvalue weighted by Crippen LogP contribution is 2.51. The van der Waals surface area contributed by atoms with Crippen molar-refractivity contribution in [3.8, 4) is 0 Å². The molecule has 23 heteroatoms. The van der Waals surface area contributed by atoms with Crippen LogP contribution in [0.2, 0.25) is 0 Å². The first kappa shape index (κ1) is 30.7. The van der Waals surface area contributed by atoms with E-state index >= 15 is 0 Å². The van der Waals surface area contributed by atoms with Crippen molar-refractivity contribution in [3.63, 3.8) is 0 Å². The topological polar surface area (TPSA) is 305 Å². The standard InChI is InChI=1S/C21H25N9O12P2/c22-16-10-17(24-3-23-16)30(6-27-10)20-13(32)14(33)21(41-20)39-7-44(37,38)42-15-9(1-8(12(15)31)2-40-43(35)36)29-5-28-11-18(29)25-4-26-19(11)34/h3-6,8-9,12-15,20-21,31-33H,1-2,7H2,(H4-,22,23,24,25,26,34,35,36,37,38)/p+1/t8-,9-,12+,13+,14-,15-,20-,21+/m1/s1. The second kappa shape index (κ2) is 11.9. The van der Waals surface area contributed by atoms with Crippen molar-refractivity contribution >= 4 is 44.0 Å². The quantitative estimate of drug-likeness (QED) is 0.0929. The van der Waals surface area contributed by atoms with Gasteiger partial charge in [-0.25, -0.2) is 24.9 Å². The number of hydrogen-bond donors (Lipinski definition) is 7. The minimum absolute atomic E-state index is 0.0149. The lowest BCUT2D eigenvalue weighted by atomic mass is 10.1. The van der Waals surface area contributed by atoms with Crippen LogP contribution in [0.1, 0.15) is 18.7 Å². The number of rotatable bonds is 10. The Bertz CT molecular complexity index is 1800. The van der Waals surface area contributed by atoms with Crippen LogP contribution in [-0.2, 0) is 27.7 Å². The Balaban J connectivity index is 1.19. The van der Waals surface area contributed by atoms with Crippen LogP contribution in [0.15, 0.2) is 30.1 Å². The van der Waals surface area contributed by atoms with Crippen molar-refractivity contribution in [3.05, 3.63) is 35.7 Å². The van der Waals surface area contributed by atoms with Gasteiger partial charge < -0.3 is 45.0 Å². The van der Waals surface area contributed by atoms with Crippen molar-refractivity contribution in [2.45, 2.75) is 49.4 Å². The number of nitrogens with two attached hydrogens (primary N) is 1. The van der Waals surface area contributed by atoms with Gasteiger partial charge in [-0.3, -0.25) is 18.5 Å². The molecular formula is C21H26N9O12P2+. The molecule has 44 heavy (non-hydrogen) atoms. The van der Waals surface area contributed by atoms with Gasteiger partial charge >= 0.3 is 15.9 Å². The molecule has 5 heterocycles. The molecule has 0 radical (unpaired) electrons. The number of aliphatic hydroxyl groups is 3. The molecule has 6 rings (SSSR count). The summed E-state index contributed by atoms with van der Waals surface area (Å²) in [5.41, 5.74) is 5.73. The predicted molar refractivity (Wildman–Crippen MR) is 143 cm³/mol. The van der Waals surface area contributed by atoms with E-state index in [1.807, 2.05) is 0 Å². The number of aromatic amines is 1. The number of nitrogens with one attached hydrogen (secondary N) is 1. The van der Waals surface area contributed by atoms with Crippen molar-refractivity contribution in [2.75, 3.05) is 18.7 Å². The van der Waals surface area contributed by atoms with Gasteiger partial charge in [-0.2, -0.15) is 0 Å². The van der Waals surface area contributed by atoms with Crippen molar-refractivity contribution in [2.24, 2.45) is 5.92 Å². The molecule has 4 aromatic heterocycles. The molecular weight excluding hydrogens is 632 g/mol. The summed E-state index contributed by atoms with van der Waals surface area (Å²) in [5.74, 6) is -0.763. The number of hydrogen-bond acceptors (Lipinski definition) is 16. The number of aromatic nitrogens is 8. The lowest BCUT2D eigenvalue weighted by molar-refractivity contribution is -0.168. The Labute approximate surface area is 245 Å². The van der Waals surface area contributed by atoms with Crippen LogP contribution in [0.3, 0.4) is 0 Å². The second-order valence-corrected chi connectivity index (χ2v) is 12.6. The van der Waals surface area contributed by atoms with Crippen LogP contribution in [-0.4, -0.2) is 108 Å². The van der Waals surface area contributed by atoms with Gasteiger partial charge in [-0.1, -0.05) is 0 Å². The Morgan fingerprint density at radius 2 is 1.80 bits per heavy atom. The van der Waals surface area contributed by atoms with Gasteiger partial charge in [0.2, 0.25) is 0 Å². The summed E-state index contributed by atoms with van der Waals surface area (Å²) in [6.45, 7) is -0.392. The number of nitrogens with zero attached hydrogens (tertiary/aromatic N) is 7. The van der Waals surface area contributed by atoms with Gasteiger partial charge in [0.05, 0.1) is 31.1 Å². The third-order valence-electron chi connectivity index (χ3n) is 7.41. The van der Waals surface area contributed by atoms with Crippen LogP contribution in [0.5, 0.6) is 0 Å². The van der Waals surface area contributed by atoms with E-state index < -0.39 is 83.3 Å². The molecule has 236 valence electrons. The highest BCUT2D eigenvalue weighted by molar-refractivity contribution is 7.52. The first-order chi connectivity index (χ1) is 20.9. The molecule has 2 unspecified atom stereocenters. The summed E-state index contributed by atoms with van der Waals surface area (Å²) in [5, 5.41) is 32.2. The van der Waals surface area contributed by atoms with Gasteiger partial charge in [0.15, 0.2) is 41.5 Å². The molecule has 0 aromatic carbocycles. The van der Waals surface area contributed by atoms with Crippen LogP contribution in [0.4, 0.5) is 5.82 Å². The van der Waals surface area contributed by atoms with Crippen LogP contribution in [0, 0.1) is 5.92 Å². The van der Waals surface area contributed by atoms with Gasteiger partial charge in [-0.15, -0.1) is 9.42 Å². The van der Waals surface area contributed by atoms with Crippen LogP contribution in [0.25, 0.3) is 22.3 Å². The number of fused-ring (bicyclic) bond motifs is 2.